The first-order chi connectivity index (χ1) is 10.7. The molecule has 2 aliphatic rings. The van der Waals surface area contributed by atoms with E-state index in [1.54, 1.807) is 12.4 Å². The van der Waals surface area contributed by atoms with Crippen LogP contribution in [0.3, 0.4) is 0 Å². The van der Waals surface area contributed by atoms with E-state index in [0.29, 0.717) is 16.6 Å². The first-order valence-electron chi connectivity index (χ1n) is 7.57. The van der Waals surface area contributed by atoms with E-state index in [2.05, 4.69) is 15.3 Å². The van der Waals surface area contributed by atoms with Crippen molar-refractivity contribution in [2.24, 2.45) is 0 Å². The second-order valence-electron chi connectivity index (χ2n) is 6.15. The molecule has 1 N–H and O–H groups in total. The fourth-order valence-electron chi connectivity index (χ4n) is 2.76. The van der Waals surface area contributed by atoms with Crippen LogP contribution in [0.2, 0.25) is 5.02 Å². The molecule has 1 amide bonds. The van der Waals surface area contributed by atoms with Crippen molar-refractivity contribution in [1.29, 1.82) is 0 Å². The van der Waals surface area contributed by atoms with Crippen molar-refractivity contribution < 1.29 is 4.79 Å². The van der Waals surface area contributed by atoms with E-state index >= 15 is 0 Å². The summed E-state index contributed by atoms with van der Waals surface area (Å²) in [6.07, 6.45) is 7.44. The van der Waals surface area contributed by atoms with Crippen molar-refractivity contribution in [1.82, 2.24) is 9.97 Å². The highest BCUT2D eigenvalue weighted by atomic mass is 35.5. The lowest BCUT2D eigenvalue weighted by molar-refractivity contribution is -0.118. The molecule has 112 valence electrons. The van der Waals surface area contributed by atoms with Crippen LogP contribution in [-0.2, 0) is 10.2 Å². The van der Waals surface area contributed by atoms with Gasteiger partial charge >= 0.3 is 0 Å². The van der Waals surface area contributed by atoms with Crippen LogP contribution >= 0.6 is 11.6 Å². The molecule has 4 nitrogen and oxygen atoms in total. The van der Waals surface area contributed by atoms with E-state index in [1.165, 1.54) is 12.8 Å². The van der Waals surface area contributed by atoms with Crippen molar-refractivity contribution in [3.05, 3.63) is 53.1 Å². The summed E-state index contributed by atoms with van der Waals surface area (Å²) >= 11 is 6.04. The van der Waals surface area contributed by atoms with Crippen LogP contribution in [0, 0.1) is 0 Å². The zero-order valence-corrected chi connectivity index (χ0v) is 12.8. The molecule has 2 fully saturated rings. The van der Waals surface area contributed by atoms with Gasteiger partial charge in [-0.3, -0.25) is 4.79 Å². The highest BCUT2D eigenvalue weighted by Crippen LogP contribution is 2.49. The second kappa shape index (κ2) is 5.06. The summed E-state index contributed by atoms with van der Waals surface area (Å²) < 4.78 is 0. The van der Waals surface area contributed by atoms with Crippen LogP contribution in [0.15, 0.2) is 36.7 Å². The fourth-order valence-corrected chi connectivity index (χ4v) is 2.95. The lowest BCUT2D eigenvalue weighted by Crippen LogP contribution is -2.28. The number of nitrogens with one attached hydrogen (secondary N) is 1. The fraction of sp³-hybridized carbons (Fsp3) is 0.353. The second-order valence-corrected chi connectivity index (χ2v) is 6.59. The molecule has 0 atom stereocenters. The van der Waals surface area contributed by atoms with Crippen molar-refractivity contribution >= 4 is 23.2 Å². The Morgan fingerprint density at radius 3 is 2.55 bits per heavy atom. The Balaban J connectivity index is 1.51. The first-order valence-corrected chi connectivity index (χ1v) is 7.95. The van der Waals surface area contributed by atoms with Crippen LogP contribution in [0.5, 0.6) is 0 Å². The Bertz CT molecular complexity index is 721. The average molecular weight is 314 g/mol. The molecule has 22 heavy (non-hydrogen) atoms. The summed E-state index contributed by atoms with van der Waals surface area (Å²) in [7, 11) is 0. The molecule has 0 saturated heterocycles. The van der Waals surface area contributed by atoms with Crippen molar-refractivity contribution in [2.45, 2.75) is 37.0 Å². The van der Waals surface area contributed by atoms with Crippen molar-refractivity contribution in [2.75, 3.05) is 5.32 Å². The Hall–Kier alpha value is -1.94. The number of benzene rings is 1. The van der Waals surface area contributed by atoms with Crippen LogP contribution in [0.25, 0.3) is 0 Å². The highest BCUT2D eigenvalue weighted by Gasteiger charge is 2.51. The third-order valence-electron chi connectivity index (χ3n) is 4.43. The smallest absolute Gasteiger partial charge is 0.235 e. The van der Waals surface area contributed by atoms with Gasteiger partial charge in [0.15, 0.2) is 0 Å². The molecular weight excluding hydrogens is 298 g/mol. The molecule has 1 aromatic heterocycles. The molecule has 0 radical (unpaired) electrons. The number of nitrogens with zero attached hydrogens (tertiary/aromatic N) is 2. The molecule has 1 heterocycles. The summed E-state index contributed by atoms with van der Waals surface area (Å²) in [5.41, 5.74) is 1.19. The van der Waals surface area contributed by atoms with Gasteiger partial charge in [0, 0.05) is 10.9 Å². The quantitative estimate of drug-likeness (QED) is 0.936. The summed E-state index contributed by atoms with van der Waals surface area (Å²) in [5, 5.41) is 3.60. The molecule has 2 aromatic rings. The maximum Gasteiger partial charge on any atom is 0.235 e. The minimum atomic E-state index is -0.444. The van der Waals surface area contributed by atoms with E-state index in [-0.39, 0.29) is 5.91 Å². The van der Waals surface area contributed by atoms with Gasteiger partial charge in [-0.15, -0.1) is 0 Å². The number of rotatable bonds is 4. The standard InChI is InChI=1S/C17H16ClN3O/c18-13-3-1-2-12(8-13)17(6-7-17)16(22)21-14-9-19-15(20-10-14)11-4-5-11/h1-3,8-11H,4-7H2,(H,21,22). The molecule has 4 rings (SSSR count). The molecule has 0 unspecified atom stereocenters. The molecule has 0 spiro atoms. The lowest BCUT2D eigenvalue weighted by atomic mass is 9.95. The molecule has 1 aromatic carbocycles. The first kappa shape index (κ1) is 13.7. The molecule has 2 aliphatic carbocycles. The van der Waals surface area contributed by atoms with E-state index in [1.807, 2.05) is 24.3 Å². The zero-order valence-electron chi connectivity index (χ0n) is 12.1. The maximum absolute atomic E-state index is 12.6. The number of anilines is 1. The average Bonchev–Trinajstić information content (AvgIpc) is 3.39. The molecular formula is C17H16ClN3O. The van der Waals surface area contributed by atoms with Gasteiger partial charge in [0.05, 0.1) is 23.5 Å². The van der Waals surface area contributed by atoms with Crippen molar-refractivity contribution in [3.8, 4) is 0 Å². The monoisotopic (exact) mass is 313 g/mol. The van der Waals surface area contributed by atoms with Crippen LogP contribution in [-0.4, -0.2) is 15.9 Å². The molecule has 5 heteroatoms. The topological polar surface area (TPSA) is 54.9 Å². The number of hydrogen-bond donors (Lipinski definition) is 1. The van der Waals surface area contributed by atoms with Gasteiger partial charge in [-0.05, 0) is 43.4 Å². The Kier molecular flexibility index (Phi) is 3.15. The van der Waals surface area contributed by atoms with Crippen molar-refractivity contribution in [3.63, 3.8) is 0 Å². The van der Waals surface area contributed by atoms with E-state index in [4.69, 9.17) is 11.6 Å². The summed E-state index contributed by atoms with van der Waals surface area (Å²) in [6.45, 7) is 0. The maximum atomic E-state index is 12.6. The van der Waals surface area contributed by atoms with Gasteiger partial charge in [0.1, 0.15) is 5.82 Å². The third-order valence-corrected chi connectivity index (χ3v) is 4.67. The number of amides is 1. The van der Waals surface area contributed by atoms with Gasteiger partial charge in [-0.1, -0.05) is 23.7 Å². The number of carbonyl (C=O) groups is 1. The minimum Gasteiger partial charge on any atom is -0.323 e. The van der Waals surface area contributed by atoms with E-state index < -0.39 is 5.41 Å². The van der Waals surface area contributed by atoms with Gasteiger partial charge in [0.2, 0.25) is 5.91 Å². The Morgan fingerprint density at radius 1 is 1.23 bits per heavy atom. The van der Waals surface area contributed by atoms with Gasteiger partial charge in [-0.25, -0.2) is 9.97 Å². The van der Waals surface area contributed by atoms with E-state index in [0.717, 1.165) is 24.2 Å². The number of carbonyl (C=O) groups excluding carboxylic acids is 1. The third kappa shape index (κ3) is 2.48. The minimum absolute atomic E-state index is 0.00228. The number of halogens is 1. The van der Waals surface area contributed by atoms with Gasteiger partial charge in [-0.2, -0.15) is 0 Å². The van der Waals surface area contributed by atoms with Gasteiger partial charge in [0.25, 0.3) is 0 Å². The highest BCUT2D eigenvalue weighted by molar-refractivity contribution is 6.30. The Morgan fingerprint density at radius 2 is 1.95 bits per heavy atom. The number of hydrogen-bond acceptors (Lipinski definition) is 3. The normalized spacial score (nSPS) is 18.8. The number of aromatic nitrogens is 2. The van der Waals surface area contributed by atoms with Crippen LogP contribution in [0.1, 0.15) is 43.0 Å². The summed E-state index contributed by atoms with van der Waals surface area (Å²) in [4.78, 5) is 21.3. The Labute approximate surface area is 133 Å². The molecule has 2 saturated carbocycles. The predicted molar refractivity (Wildman–Crippen MR) is 85.0 cm³/mol. The largest absolute Gasteiger partial charge is 0.323 e. The summed E-state index contributed by atoms with van der Waals surface area (Å²) in [5.74, 6) is 1.40. The SMILES string of the molecule is O=C(Nc1cnc(C2CC2)nc1)C1(c2cccc(Cl)c2)CC1. The lowest BCUT2D eigenvalue weighted by Gasteiger charge is -2.16. The molecule has 0 aliphatic heterocycles. The zero-order chi connectivity index (χ0) is 15.2. The van der Waals surface area contributed by atoms with Gasteiger partial charge < -0.3 is 5.32 Å². The molecule has 0 bridgehead atoms. The van der Waals surface area contributed by atoms with Crippen LogP contribution in [0.4, 0.5) is 5.69 Å². The van der Waals surface area contributed by atoms with E-state index in [9.17, 15) is 4.79 Å². The predicted octanol–water partition coefficient (Wildman–Crippen LogP) is 3.68. The van der Waals surface area contributed by atoms with Crippen LogP contribution < -0.4 is 5.32 Å². The summed E-state index contributed by atoms with van der Waals surface area (Å²) in [6, 6.07) is 7.55.